The van der Waals surface area contributed by atoms with E-state index in [4.69, 9.17) is 0 Å². The fraction of sp³-hybridized carbons (Fsp3) is 1.00. The van der Waals surface area contributed by atoms with E-state index < -0.39 is 9.84 Å². The Balaban J connectivity index is 1.67. The zero-order valence-corrected chi connectivity index (χ0v) is 13.0. The van der Waals surface area contributed by atoms with Crippen molar-refractivity contribution in [2.75, 3.05) is 58.3 Å². The maximum atomic E-state index is 11.6. The lowest BCUT2D eigenvalue weighted by molar-refractivity contribution is 0.261. The van der Waals surface area contributed by atoms with Crippen LogP contribution < -0.4 is 5.32 Å². The van der Waals surface area contributed by atoms with E-state index in [2.05, 4.69) is 29.2 Å². The molecular weight excluding hydrogens is 262 g/mol. The van der Waals surface area contributed by atoms with E-state index in [1.807, 2.05) is 0 Å². The fourth-order valence-electron chi connectivity index (χ4n) is 3.14. The quantitative estimate of drug-likeness (QED) is 0.749. The van der Waals surface area contributed by atoms with E-state index in [0.29, 0.717) is 18.1 Å². The predicted octanol–water partition coefficient (Wildman–Crippen LogP) is -0.353. The normalized spacial score (nSPS) is 31.9. The van der Waals surface area contributed by atoms with Crippen LogP contribution in [0.5, 0.6) is 0 Å². The Kier molecular flexibility index (Phi) is 5.22. The third-order valence-electron chi connectivity index (χ3n) is 4.22. The van der Waals surface area contributed by atoms with Gasteiger partial charge in [0.05, 0.1) is 11.5 Å². The Morgan fingerprint density at radius 1 is 1.42 bits per heavy atom. The molecule has 0 aromatic carbocycles. The van der Waals surface area contributed by atoms with Gasteiger partial charge in [0, 0.05) is 25.7 Å². The van der Waals surface area contributed by atoms with Crippen LogP contribution >= 0.6 is 0 Å². The average molecular weight is 289 g/mol. The van der Waals surface area contributed by atoms with E-state index in [-0.39, 0.29) is 6.04 Å². The van der Waals surface area contributed by atoms with Gasteiger partial charge in [-0.15, -0.1) is 0 Å². The first kappa shape index (κ1) is 15.2. The first-order valence-electron chi connectivity index (χ1n) is 7.25. The molecule has 2 atom stereocenters. The van der Waals surface area contributed by atoms with Crippen LogP contribution in [0.4, 0.5) is 0 Å². The molecule has 2 rings (SSSR count). The van der Waals surface area contributed by atoms with Crippen molar-refractivity contribution >= 4 is 9.84 Å². The highest BCUT2D eigenvalue weighted by Crippen LogP contribution is 2.15. The number of hydrogen-bond donors (Lipinski definition) is 1. The molecule has 112 valence electrons. The van der Waals surface area contributed by atoms with Gasteiger partial charge in [-0.1, -0.05) is 0 Å². The van der Waals surface area contributed by atoms with Crippen LogP contribution in [0.2, 0.25) is 0 Å². The highest BCUT2D eigenvalue weighted by Gasteiger charge is 2.25. The number of nitrogens with one attached hydrogen (secondary N) is 1. The molecule has 5 nitrogen and oxygen atoms in total. The summed E-state index contributed by atoms with van der Waals surface area (Å²) in [5.41, 5.74) is 0. The predicted molar refractivity (Wildman–Crippen MR) is 78.2 cm³/mol. The van der Waals surface area contributed by atoms with E-state index >= 15 is 0 Å². The molecule has 6 heteroatoms. The second-order valence-corrected chi connectivity index (χ2v) is 8.46. The van der Waals surface area contributed by atoms with Gasteiger partial charge in [-0.2, -0.15) is 0 Å². The van der Waals surface area contributed by atoms with Gasteiger partial charge in [0.15, 0.2) is 9.84 Å². The molecule has 2 heterocycles. The molecule has 0 amide bonds. The minimum Gasteiger partial charge on any atom is -0.312 e. The summed E-state index contributed by atoms with van der Waals surface area (Å²) in [6, 6.07) is 0.146. The molecule has 2 aliphatic rings. The molecule has 2 saturated heterocycles. The molecule has 0 saturated carbocycles. The molecule has 0 aromatic rings. The maximum absolute atomic E-state index is 11.6. The molecule has 0 aromatic heterocycles. The summed E-state index contributed by atoms with van der Waals surface area (Å²) in [7, 11) is 1.53. The molecule has 0 spiro atoms. The lowest BCUT2D eigenvalue weighted by Crippen LogP contribution is -2.46. The van der Waals surface area contributed by atoms with Gasteiger partial charge in [0.25, 0.3) is 0 Å². The standard InChI is InChI=1S/C13H27N3O2S/c1-15-6-3-12(9-15)10-16(2)7-4-13-11-19(17,18)8-5-14-13/h12-14H,3-11H2,1-2H3. The number of hydrogen-bond acceptors (Lipinski definition) is 5. The van der Waals surface area contributed by atoms with Crippen LogP contribution in [0, 0.1) is 5.92 Å². The Morgan fingerprint density at radius 3 is 2.84 bits per heavy atom. The Bertz CT molecular complexity index is 385. The highest BCUT2D eigenvalue weighted by atomic mass is 32.2. The van der Waals surface area contributed by atoms with Crippen LogP contribution in [0.25, 0.3) is 0 Å². The molecule has 2 aliphatic heterocycles. The van der Waals surface area contributed by atoms with E-state index in [0.717, 1.165) is 25.4 Å². The van der Waals surface area contributed by atoms with Gasteiger partial charge in [-0.25, -0.2) is 8.42 Å². The molecule has 0 radical (unpaired) electrons. The highest BCUT2D eigenvalue weighted by molar-refractivity contribution is 7.91. The second kappa shape index (κ2) is 6.52. The molecule has 2 fully saturated rings. The van der Waals surface area contributed by atoms with E-state index in [1.54, 1.807) is 0 Å². The Hall–Kier alpha value is -0.170. The third kappa shape index (κ3) is 5.02. The molecule has 0 bridgehead atoms. The van der Waals surface area contributed by atoms with Crippen LogP contribution in [-0.2, 0) is 9.84 Å². The van der Waals surface area contributed by atoms with Gasteiger partial charge in [-0.3, -0.25) is 0 Å². The van der Waals surface area contributed by atoms with Gasteiger partial charge in [-0.05, 0) is 45.9 Å². The smallest absolute Gasteiger partial charge is 0.153 e. The average Bonchev–Trinajstić information content (AvgIpc) is 2.71. The lowest BCUT2D eigenvalue weighted by Gasteiger charge is -2.27. The Labute approximate surface area is 117 Å². The van der Waals surface area contributed by atoms with Crippen molar-refractivity contribution in [3.05, 3.63) is 0 Å². The van der Waals surface area contributed by atoms with Crippen LogP contribution in [-0.4, -0.2) is 82.6 Å². The fourth-order valence-corrected chi connectivity index (χ4v) is 4.63. The molecule has 2 unspecified atom stereocenters. The zero-order valence-electron chi connectivity index (χ0n) is 12.1. The number of rotatable bonds is 5. The van der Waals surface area contributed by atoms with Gasteiger partial charge < -0.3 is 15.1 Å². The second-order valence-electron chi connectivity index (χ2n) is 6.23. The monoisotopic (exact) mass is 289 g/mol. The van der Waals surface area contributed by atoms with Crippen molar-refractivity contribution in [2.45, 2.75) is 18.9 Å². The SMILES string of the molecule is CN1CCC(CN(C)CCC2CS(=O)(=O)CCN2)C1. The summed E-state index contributed by atoms with van der Waals surface area (Å²) < 4.78 is 23.1. The largest absolute Gasteiger partial charge is 0.312 e. The third-order valence-corrected chi connectivity index (χ3v) is 5.96. The molecule has 19 heavy (non-hydrogen) atoms. The maximum Gasteiger partial charge on any atom is 0.153 e. The summed E-state index contributed by atoms with van der Waals surface area (Å²) in [4.78, 5) is 4.74. The van der Waals surface area contributed by atoms with Crippen molar-refractivity contribution in [3.8, 4) is 0 Å². The van der Waals surface area contributed by atoms with Crippen molar-refractivity contribution in [3.63, 3.8) is 0 Å². The number of likely N-dealkylation sites (tertiary alicyclic amines) is 1. The van der Waals surface area contributed by atoms with Crippen LogP contribution in [0.1, 0.15) is 12.8 Å². The zero-order chi connectivity index (χ0) is 13.9. The summed E-state index contributed by atoms with van der Waals surface area (Å²) in [5.74, 6) is 1.39. The van der Waals surface area contributed by atoms with Gasteiger partial charge in [0.1, 0.15) is 0 Å². The van der Waals surface area contributed by atoms with Crippen molar-refractivity contribution in [1.82, 2.24) is 15.1 Å². The topological polar surface area (TPSA) is 52.7 Å². The van der Waals surface area contributed by atoms with Crippen molar-refractivity contribution in [2.24, 2.45) is 5.92 Å². The van der Waals surface area contributed by atoms with E-state index in [9.17, 15) is 8.42 Å². The summed E-state index contributed by atoms with van der Waals surface area (Å²) in [5, 5.41) is 3.32. The summed E-state index contributed by atoms with van der Waals surface area (Å²) in [6.45, 7) is 5.13. The molecular formula is C13H27N3O2S. The minimum absolute atomic E-state index is 0.146. The van der Waals surface area contributed by atoms with Crippen molar-refractivity contribution < 1.29 is 8.42 Å². The van der Waals surface area contributed by atoms with Gasteiger partial charge >= 0.3 is 0 Å². The summed E-state index contributed by atoms with van der Waals surface area (Å²) in [6.07, 6.45) is 2.22. The van der Waals surface area contributed by atoms with Crippen LogP contribution in [0.3, 0.4) is 0 Å². The first-order valence-corrected chi connectivity index (χ1v) is 9.07. The minimum atomic E-state index is -2.80. The lowest BCUT2D eigenvalue weighted by atomic mass is 10.1. The number of sulfone groups is 1. The van der Waals surface area contributed by atoms with Gasteiger partial charge in [0.2, 0.25) is 0 Å². The number of nitrogens with zero attached hydrogens (tertiary/aromatic N) is 2. The molecule has 0 aliphatic carbocycles. The summed E-state index contributed by atoms with van der Waals surface area (Å²) >= 11 is 0. The first-order chi connectivity index (χ1) is 8.94. The Morgan fingerprint density at radius 2 is 2.21 bits per heavy atom. The van der Waals surface area contributed by atoms with Crippen LogP contribution in [0.15, 0.2) is 0 Å². The van der Waals surface area contributed by atoms with E-state index in [1.165, 1.54) is 19.5 Å². The molecule has 1 N–H and O–H groups in total. The van der Waals surface area contributed by atoms with Crippen molar-refractivity contribution in [1.29, 1.82) is 0 Å².